The lowest BCUT2D eigenvalue weighted by molar-refractivity contribution is 0.0541. The van der Waals surface area contributed by atoms with Gasteiger partial charge in [0, 0.05) is 14.7 Å². The molecule has 15 heavy (non-hydrogen) atoms. The van der Waals surface area contributed by atoms with Crippen LogP contribution in [-0.4, -0.2) is 11.2 Å². The van der Waals surface area contributed by atoms with Crippen molar-refractivity contribution in [3.63, 3.8) is 0 Å². The van der Waals surface area contributed by atoms with Crippen molar-refractivity contribution < 1.29 is 5.11 Å². The molecule has 1 aromatic heterocycles. The summed E-state index contributed by atoms with van der Waals surface area (Å²) in [4.78, 5) is 1.39. The topological polar surface area (TPSA) is 20.2 Å². The molecule has 1 nitrogen and oxygen atoms in total. The van der Waals surface area contributed by atoms with Gasteiger partial charge in [-0.05, 0) is 46.7 Å². The highest BCUT2D eigenvalue weighted by molar-refractivity contribution is 9.10. The SMILES string of the molecule is CC(C)(C)C(O)CCCc1cc(Br)cs1. The van der Waals surface area contributed by atoms with E-state index >= 15 is 0 Å². The molecule has 1 rings (SSSR count). The summed E-state index contributed by atoms with van der Waals surface area (Å²) in [5, 5.41) is 12.0. The molecule has 0 saturated carbocycles. The fourth-order valence-electron chi connectivity index (χ4n) is 1.39. The van der Waals surface area contributed by atoms with Crippen molar-refractivity contribution in [2.24, 2.45) is 5.41 Å². The first-order valence-corrected chi connectivity index (χ1v) is 6.98. The molecule has 0 bridgehead atoms. The predicted octanol–water partition coefficient (Wildman–Crippen LogP) is 4.24. The van der Waals surface area contributed by atoms with Crippen molar-refractivity contribution in [3.8, 4) is 0 Å². The van der Waals surface area contributed by atoms with Gasteiger partial charge in [0.05, 0.1) is 6.10 Å². The number of hydrogen-bond acceptors (Lipinski definition) is 2. The van der Waals surface area contributed by atoms with Crippen molar-refractivity contribution in [2.75, 3.05) is 0 Å². The molecule has 0 aliphatic carbocycles. The molecule has 86 valence electrons. The molecule has 0 aliphatic heterocycles. The standard InChI is InChI=1S/C12H19BrOS/c1-12(2,3)11(14)6-4-5-10-7-9(13)8-15-10/h7-8,11,14H,4-6H2,1-3H3. The molecule has 0 aromatic carbocycles. The van der Waals surface area contributed by atoms with Gasteiger partial charge in [-0.25, -0.2) is 0 Å². The summed E-state index contributed by atoms with van der Waals surface area (Å²) in [6, 6.07) is 2.16. The van der Waals surface area contributed by atoms with Gasteiger partial charge in [0.2, 0.25) is 0 Å². The Hall–Kier alpha value is 0.140. The monoisotopic (exact) mass is 290 g/mol. The Morgan fingerprint density at radius 3 is 2.60 bits per heavy atom. The summed E-state index contributed by atoms with van der Waals surface area (Å²) < 4.78 is 1.17. The van der Waals surface area contributed by atoms with E-state index in [0.717, 1.165) is 19.3 Å². The number of thiophene rings is 1. The molecule has 1 unspecified atom stereocenters. The van der Waals surface area contributed by atoms with Crippen LogP contribution in [0.25, 0.3) is 0 Å². The van der Waals surface area contributed by atoms with Gasteiger partial charge in [0.25, 0.3) is 0 Å². The Labute approximate surface area is 105 Å². The summed E-state index contributed by atoms with van der Waals surface area (Å²) in [5.41, 5.74) is 0.00995. The van der Waals surface area contributed by atoms with Crippen LogP contribution in [0.3, 0.4) is 0 Å². The second-order valence-corrected chi connectivity index (χ2v) is 6.92. The number of aliphatic hydroxyl groups is 1. The van der Waals surface area contributed by atoms with Gasteiger partial charge in [0.1, 0.15) is 0 Å². The third-order valence-corrected chi connectivity index (χ3v) is 4.28. The Bertz CT molecular complexity index is 301. The maximum atomic E-state index is 9.86. The molecule has 0 amide bonds. The number of aryl methyl sites for hydroxylation is 1. The lowest BCUT2D eigenvalue weighted by Crippen LogP contribution is -2.25. The van der Waals surface area contributed by atoms with E-state index in [1.54, 1.807) is 11.3 Å². The summed E-state index contributed by atoms with van der Waals surface area (Å²) in [6.07, 6.45) is 2.83. The fraction of sp³-hybridized carbons (Fsp3) is 0.667. The summed E-state index contributed by atoms with van der Waals surface area (Å²) in [7, 11) is 0. The third-order valence-electron chi connectivity index (χ3n) is 2.52. The van der Waals surface area contributed by atoms with Crippen LogP contribution in [0.1, 0.15) is 38.5 Å². The summed E-state index contributed by atoms with van der Waals surface area (Å²) in [6.45, 7) is 6.25. The molecular weight excluding hydrogens is 272 g/mol. The van der Waals surface area contributed by atoms with E-state index in [1.807, 2.05) is 0 Å². The van der Waals surface area contributed by atoms with Crippen LogP contribution < -0.4 is 0 Å². The van der Waals surface area contributed by atoms with Gasteiger partial charge in [-0.3, -0.25) is 0 Å². The molecule has 1 aromatic rings. The average Bonchev–Trinajstić information content (AvgIpc) is 2.49. The molecule has 0 aliphatic rings. The average molecular weight is 291 g/mol. The molecule has 1 atom stereocenters. The second-order valence-electron chi connectivity index (χ2n) is 5.01. The van der Waals surface area contributed by atoms with E-state index < -0.39 is 0 Å². The highest BCUT2D eigenvalue weighted by atomic mass is 79.9. The Morgan fingerprint density at radius 1 is 1.47 bits per heavy atom. The molecule has 0 fully saturated rings. The summed E-state index contributed by atoms with van der Waals surface area (Å²) >= 11 is 5.23. The van der Waals surface area contributed by atoms with E-state index in [2.05, 4.69) is 48.1 Å². The lowest BCUT2D eigenvalue weighted by atomic mass is 9.86. The molecular formula is C12H19BrOS. The van der Waals surface area contributed by atoms with Gasteiger partial charge in [-0.1, -0.05) is 20.8 Å². The van der Waals surface area contributed by atoms with Crippen molar-refractivity contribution in [1.82, 2.24) is 0 Å². The first kappa shape index (κ1) is 13.2. The highest BCUT2D eigenvalue weighted by Crippen LogP contribution is 2.25. The molecule has 0 radical (unpaired) electrons. The van der Waals surface area contributed by atoms with Crippen molar-refractivity contribution in [2.45, 2.75) is 46.1 Å². The van der Waals surface area contributed by atoms with Gasteiger partial charge < -0.3 is 5.11 Å². The zero-order valence-corrected chi connectivity index (χ0v) is 12.0. The van der Waals surface area contributed by atoms with Crippen LogP contribution in [0.15, 0.2) is 15.9 Å². The number of hydrogen-bond donors (Lipinski definition) is 1. The van der Waals surface area contributed by atoms with Crippen LogP contribution in [0.4, 0.5) is 0 Å². The van der Waals surface area contributed by atoms with Crippen LogP contribution in [0, 0.1) is 5.41 Å². The largest absolute Gasteiger partial charge is 0.393 e. The van der Waals surface area contributed by atoms with Crippen molar-refractivity contribution in [3.05, 3.63) is 20.8 Å². The zero-order chi connectivity index (χ0) is 11.5. The van der Waals surface area contributed by atoms with Gasteiger partial charge >= 0.3 is 0 Å². The van der Waals surface area contributed by atoms with Crippen molar-refractivity contribution in [1.29, 1.82) is 0 Å². The third kappa shape index (κ3) is 4.66. The number of aliphatic hydroxyl groups excluding tert-OH is 1. The molecule has 1 N–H and O–H groups in total. The Morgan fingerprint density at radius 2 is 2.13 bits per heavy atom. The minimum absolute atomic E-state index is 0.00995. The molecule has 0 saturated heterocycles. The minimum atomic E-state index is -0.194. The van der Waals surface area contributed by atoms with E-state index in [-0.39, 0.29) is 11.5 Å². The van der Waals surface area contributed by atoms with Gasteiger partial charge in [-0.15, -0.1) is 11.3 Å². The highest BCUT2D eigenvalue weighted by Gasteiger charge is 2.21. The number of rotatable bonds is 4. The van der Waals surface area contributed by atoms with Crippen molar-refractivity contribution >= 4 is 27.3 Å². The van der Waals surface area contributed by atoms with Crippen LogP contribution in [-0.2, 0) is 6.42 Å². The fourth-order valence-corrected chi connectivity index (χ4v) is 2.88. The van der Waals surface area contributed by atoms with Crippen LogP contribution >= 0.6 is 27.3 Å². The Balaban J connectivity index is 2.28. The van der Waals surface area contributed by atoms with Crippen LogP contribution in [0.2, 0.25) is 0 Å². The first-order valence-electron chi connectivity index (χ1n) is 5.30. The van der Waals surface area contributed by atoms with E-state index in [4.69, 9.17) is 0 Å². The minimum Gasteiger partial charge on any atom is -0.393 e. The smallest absolute Gasteiger partial charge is 0.0588 e. The number of halogens is 1. The van der Waals surface area contributed by atoms with E-state index in [9.17, 15) is 5.11 Å². The second kappa shape index (κ2) is 5.46. The first-order chi connectivity index (χ1) is 6.89. The predicted molar refractivity (Wildman–Crippen MR) is 70.4 cm³/mol. The normalized spacial score (nSPS) is 14.2. The maximum absolute atomic E-state index is 9.86. The van der Waals surface area contributed by atoms with E-state index in [1.165, 1.54) is 9.35 Å². The molecule has 3 heteroatoms. The molecule has 0 spiro atoms. The lowest BCUT2D eigenvalue weighted by Gasteiger charge is -2.25. The van der Waals surface area contributed by atoms with Crippen LogP contribution in [0.5, 0.6) is 0 Å². The quantitative estimate of drug-likeness (QED) is 0.879. The van der Waals surface area contributed by atoms with Gasteiger partial charge in [0.15, 0.2) is 0 Å². The van der Waals surface area contributed by atoms with E-state index in [0.29, 0.717) is 0 Å². The van der Waals surface area contributed by atoms with Gasteiger partial charge in [-0.2, -0.15) is 0 Å². The molecule has 1 heterocycles. The maximum Gasteiger partial charge on any atom is 0.0588 e. The zero-order valence-electron chi connectivity index (χ0n) is 9.59. The summed E-state index contributed by atoms with van der Waals surface area (Å²) in [5.74, 6) is 0. The Kier molecular flexibility index (Phi) is 4.81.